The van der Waals surface area contributed by atoms with E-state index in [1.807, 2.05) is 6.07 Å². The zero-order valence-corrected chi connectivity index (χ0v) is 17.3. The summed E-state index contributed by atoms with van der Waals surface area (Å²) in [6, 6.07) is 10.3. The van der Waals surface area contributed by atoms with Gasteiger partial charge >= 0.3 is 5.97 Å². The molecule has 0 unspecified atom stereocenters. The summed E-state index contributed by atoms with van der Waals surface area (Å²) in [6.07, 6.45) is 1.61. The molecule has 0 aliphatic carbocycles. The molecule has 0 spiro atoms. The van der Waals surface area contributed by atoms with Gasteiger partial charge in [0, 0.05) is 19.2 Å². The van der Waals surface area contributed by atoms with Gasteiger partial charge < -0.3 is 9.47 Å². The molecular weight excluding hydrogens is 416 g/mol. The lowest BCUT2D eigenvalue weighted by atomic mass is 10.2. The number of benzene rings is 2. The highest BCUT2D eigenvalue weighted by Gasteiger charge is 2.28. The predicted octanol–water partition coefficient (Wildman–Crippen LogP) is 3.61. The third kappa shape index (κ3) is 4.53. The molecule has 1 aliphatic rings. The van der Waals surface area contributed by atoms with Gasteiger partial charge in [0.2, 0.25) is 10.0 Å². The first-order chi connectivity index (χ1) is 13.9. The van der Waals surface area contributed by atoms with E-state index >= 15 is 0 Å². The average Bonchev–Trinajstić information content (AvgIpc) is 3.25. The largest absolute Gasteiger partial charge is 0.490 e. The van der Waals surface area contributed by atoms with E-state index in [0.29, 0.717) is 25.3 Å². The summed E-state index contributed by atoms with van der Waals surface area (Å²) in [5, 5.41) is 9.09. The van der Waals surface area contributed by atoms with E-state index < -0.39 is 16.0 Å². The number of esters is 1. The number of sulfonamides is 1. The van der Waals surface area contributed by atoms with Crippen LogP contribution < -0.4 is 9.47 Å². The molecule has 2 aromatic rings. The molecule has 7 nitrogen and oxygen atoms in total. The number of rotatable bonds is 6. The van der Waals surface area contributed by atoms with Crippen molar-refractivity contribution in [2.45, 2.75) is 24.7 Å². The molecule has 1 saturated heterocycles. The van der Waals surface area contributed by atoms with Crippen molar-refractivity contribution in [2.24, 2.45) is 0 Å². The van der Waals surface area contributed by atoms with Gasteiger partial charge in [-0.25, -0.2) is 13.2 Å². The number of nitriles is 1. The number of halogens is 1. The summed E-state index contributed by atoms with van der Waals surface area (Å²) in [4.78, 5) is 12.7. The van der Waals surface area contributed by atoms with Crippen molar-refractivity contribution in [1.29, 1.82) is 5.26 Å². The Kier molecular flexibility index (Phi) is 6.42. The average molecular weight is 435 g/mol. The summed E-state index contributed by atoms with van der Waals surface area (Å²) >= 11 is 6.13. The van der Waals surface area contributed by atoms with Crippen LogP contribution in [0.15, 0.2) is 41.3 Å². The lowest BCUT2D eigenvalue weighted by Crippen LogP contribution is -2.28. The molecule has 2 aromatic carbocycles. The molecule has 0 bridgehead atoms. The molecule has 0 amide bonds. The first kappa shape index (κ1) is 21.1. The minimum Gasteiger partial charge on any atom is -0.490 e. The highest BCUT2D eigenvalue weighted by Crippen LogP contribution is 2.31. The van der Waals surface area contributed by atoms with Gasteiger partial charge in [-0.2, -0.15) is 9.57 Å². The van der Waals surface area contributed by atoms with Crippen LogP contribution in [-0.2, 0) is 10.0 Å². The fourth-order valence-electron chi connectivity index (χ4n) is 2.98. The van der Waals surface area contributed by atoms with Crippen LogP contribution >= 0.6 is 11.6 Å². The van der Waals surface area contributed by atoms with E-state index in [9.17, 15) is 13.2 Å². The fraction of sp³-hybridized carbons (Fsp3) is 0.300. The van der Waals surface area contributed by atoms with Crippen LogP contribution in [0, 0.1) is 11.3 Å². The molecule has 1 aliphatic heterocycles. The summed E-state index contributed by atoms with van der Waals surface area (Å²) in [5.41, 5.74) is 0.281. The maximum atomic E-state index is 12.8. The van der Waals surface area contributed by atoms with Gasteiger partial charge in [-0.15, -0.1) is 0 Å². The van der Waals surface area contributed by atoms with Crippen molar-refractivity contribution in [3.8, 4) is 17.6 Å². The third-order valence-electron chi connectivity index (χ3n) is 4.44. The minimum atomic E-state index is -3.70. The molecule has 29 heavy (non-hydrogen) atoms. The van der Waals surface area contributed by atoms with Crippen LogP contribution in [-0.4, -0.2) is 38.4 Å². The Balaban J connectivity index is 1.91. The van der Waals surface area contributed by atoms with Crippen molar-refractivity contribution in [1.82, 2.24) is 4.31 Å². The van der Waals surface area contributed by atoms with E-state index in [-0.39, 0.29) is 27.0 Å². The van der Waals surface area contributed by atoms with Crippen molar-refractivity contribution < 1.29 is 22.7 Å². The van der Waals surface area contributed by atoms with E-state index in [1.54, 1.807) is 6.92 Å². The van der Waals surface area contributed by atoms with Gasteiger partial charge in [0.25, 0.3) is 0 Å². The second-order valence-electron chi connectivity index (χ2n) is 6.35. The number of nitrogens with zero attached hydrogens (tertiary/aromatic N) is 2. The molecule has 0 N–H and O–H groups in total. The topological polar surface area (TPSA) is 96.7 Å². The van der Waals surface area contributed by atoms with Gasteiger partial charge in [-0.05, 0) is 50.1 Å². The van der Waals surface area contributed by atoms with Crippen LogP contribution in [0.25, 0.3) is 0 Å². The summed E-state index contributed by atoms with van der Waals surface area (Å²) < 4.78 is 37.7. The van der Waals surface area contributed by atoms with E-state index in [1.165, 1.54) is 40.7 Å². The van der Waals surface area contributed by atoms with Gasteiger partial charge in [-0.1, -0.05) is 11.6 Å². The van der Waals surface area contributed by atoms with E-state index in [2.05, 4.69) is 0 Å². The van der Waals surface area contributed by atoms with Crippen LogP contribution in [0.3, 0.4) is 0 Å². The van der Waals surface area contributed by atoms with Gasteiger partial charge in [-0.3, -0.25) is 0 Å². The summed E-state index contributed by atoms with van der Waals surface area (Å²) in [7, 11) is -3.70. The Morgan fingerprint density at radius 3 is 2.55 bits per heavy atom. The predicted molar refractivity (Wildman–Crippen MR) is 107 cm³/mol. The number of ether oxygens (including phenoxy) is 2. The Labute approximate surface area is 174 Å². The molecule has 1 heterocycles. The molecule has 0 saturated carbocycles. The van der Waals surface area contributed by atoms with Crippen LogP contribution in [0.4, 0.5) is 0 Å². The Hall–Kier alpha value is -2.60. The highest BCUT2D eigenvalue weighted by molar-refractivity contribution is 7.89. The first-order valence-electron chi connectivity index (χ1n) is 9.05. The Bertz CT molecular complexity index is 1070. The van der Waals surface area contributed by atoms with E-state index in [4.69, 9.17) is 26.3 Å². The molecule has 0 radical (unpaired) electrons. The second kappa shape index (κ2) is 8.82. The monoisotopic (exact) mass is 434 g/mol. The highest BCUT2D eigenvalue weighted by atomic mass is 35.5. The molecular formula is C20H19ClN2O5S. The normalized spacial score (nSPS) is 14.4. The van der Waals surface area contributed by atoms with Crippen molar-refractivity contribution in [3.05, 3.63) is 52.5 Å². The zero-order chi connectivity index (χ0) is 21.0. The third-order valence-corrected chi connectivity index (χ3v) is 6.66. The van der Waals surface area contributed by atoms with Crippen molar-refractivity contribution in [3.63, 3.8) is 0 Å². The number of hydrogen-bond donors (Lipinski definition) is 0. The Morgan fingerprint density at radius 1 is 1.17 bits per heavy atom. The number of carbonyl (C=O) groups excluding carboxylic acids is 1. The van der Waals surface area contributed by atoms with Gasteiger partial charge in [0.15, 0.2) is 11.5 Å². The molecule has 1 fully saturated rings. The number of hydrogen-bond acceptors (Lipinski definition) is 6. The first-order valence-corrected chi connectivity index (χ1v) is 10.9. The number of carbonyl (C=O) groups is 1. The maximum absolute atomic E-state index is 12.8. The van der Waals surface area contributed by atoms with Crippen LogP contribution in [0.1, 0.15) is 35.7 Å². The van der Waals surface area contributed by atoms with E-state index in [0.717, 1.165) is 12.8 Å². The van der Waals surface area contributed by atoms with Crippen LogP contribution in [0.2, 0.25) is 5.02 Å². The zero-order valence-electron chi connectivity index (χ0n) is 15.7. The molecule has 152 valence electrons. The summed E-state index contributed by atoms with van der Waals surface area (Å²) in [5.74, 6) is -0.476. The smallest absolute Gasteiger partial charge is 0.345 e. The standard InChI is InChI=1S/C20H19ClN2O5S/c1-2-27-19-11-14(13-22)5-8-18(19)28-20(24)16-12-15(6-7-17(16)21)29(25,26)23-9-3-4-10-23/h5-8,11-12H,2-4,9-10H2,1H3. The van der Waals surface area contributed by atoms with Crippen molar-refractivity contribution >= 4 is 27.6 Å². The van der Waals surface area contributed by atoms with Crippen molar-refractivity contribution in [2.75, 3.05) is 19.7 Å². The molecule has 0 aromatic heterocycles. The minimum absolute atomic E-state index is 0.0133. The SMILES string of the molecule is CCOc1cc(C#N)ccc1OC(=O)c1cc(S(=O)(=O)N2CCCC2)ccc1Cl. The molecule has 9 heteroatoms. The second-order valence-corrected chi connectivity index (χ2v) is 8.69. The molecule has 3 rings (SSSR count). The van der Waals surface area contributed by atoms with Crippen LogP contribution in [0.5, 0.6) is 11.5 Å². The van der Waals surface area contributed by atoms with Gasteiger partial charge in [0.1, 0.15) is 0 Å². The fourth-order valence-corrected chi connectivity index (χ4v) is 4.72. The maximum Gasteiger partial charge on any atom is 0.345 e. The molecule has 0 atom stereocenters. The quantitative estimate of drug-likeness (QED) is 0.509. The van der Waals surface area contributed by atoms with Gasteiger partial charge in [0.05, 0.1) is 33.7 Å². The summed E-state index contributed by atoms with van der Waals surface area (Å²) in [6.45, 7) is 2.97. The Morgan fingerprint density at radius 2 is 1.90 bits per heavy atom. The lowest BCUT2D eigenvalue weighted by molar-refractivity contribution is 0.0728. The lowest BCUT2D eigenvalue weighted by Gasteiger charge is -2.16.